The average molecular weight is 339 g/mol. The molecule has 0 amide bonds. The van der Waals surface area contributed by atoms with Crippen molar-refractivity contribution in [1.82, 2.24) is 0 Å². The number of hydrogen-bond acceptors (Lipinski definition) is 5. The number of halogens is 2. The third-order valence-electron chi connectivity index (χ3n) is 3.43. The van der Waals surface area contributed by atoms with E-state index in [-0.39, 0.29) is 11.4 Å². The first kappa shape index (κ1) is 19.8. The van der Waals surface area contributed by atoms with Crippen molar-refractivity contribution < 1.29 is 18.6 Å². The summed E-state index contributed by atoms with van der Waals surface area (Å²) in [6.45, 7) is 7.27. The molecule has 0 aliphatic rings. The number of hydrogen-bond donors (Lipinski definition) is 3. The highest BCUT2D eigenvalue weighted by Gasteiger charge is 2.49. The summed E-state index contributed by atoms with van der Waals surface area (Å²) in [6.07, 6.45) is -0.139. The Morgan fingerprint density at radius 3 is 2.54 bits per heavy atom. The van der Waals surface area contributed by atoms with Crippen LogP contribution in [0.1, 0.15) is 38.3 Å². The van der Waals surface area contributed by atoms with Crippen LogP contribution < -0.4 is 10.5 Å². The molecule has 1 aromatic rings. The molecule has 0 aromatic heterocycles. The van der Waals surface area contributed by atoms with E-state index in [4.69, 9.17) is 15.9 Å². The van der Waals surface area contributed by atoms with Gasteiger partial charge in [0, 0.05) is 17.5 Å². The molecule has 24 heavy (non-hydrogen) atoms. The fourth-order valence-electron chi connectivity index (χ4n) is 2.09. The zero-order valence-electron chi connectivity index (χ0n) is 14.1. The summed E-state index contributed by atoms with van der Waals surface area (Å²) in [5.74, 6) is -0.188. The van der Waals surface area contributed by atoms with Crippen molar-refractivity contribution in [2.24, 2.45) is 10.7 Å². The lowest BCUT2D eigenvalue weighted by atomic mass is 9.97. The van der Waals surface area contributed by atoms with Crippen molar-refractivity contribution in [1.29, 1.82) is 5.41 Å². The van der Waals surface area contributed by atoms with Gasteiger partial charge in [0.25, 0.3) is 0 Å². The summed E-state index contributed by atoms with van der Waals surface area (Å²) in [5.41, 5.74) is 5.22. The molecule has 4 N–H and O–H groups in total. The van der Waals surface area contributed by atoms with Gasteiger partial charge in [0.1, 0.15) is 5.69 Å². The Morgan fingerprint density at radius 2 is 2.08 bits per heavy atom. The minimum Gasteiger partial charge on any atom is -0.428 e. The molecule has 5 nitrogen and oxygen atoms in total. The number of benzene rings is 1. The predicted octanol–water partition coefficient (Wildman–Crippen LogP) is 3.66. The SMILES string of the molecule is C=Nc1c(OC(F)(F)C(C)(C)O)ccc(C(N)=CC=N)c1CCC. The van der Waals surface area contributed by atoms with E-state index in [1.165, 1.54) is 18.2 Å². The summed E-state index contributed by atoms with van der Waals surface area (Å²) in [5, 5.41) is 16.7. The molecule has 0 radical (unpaired) electrons. The summed E-state index contributed by atoms with van der Waals surface area (Å²) >= 11 is 0. The maximum absolute atomic E-state index is 14.0. The Balaban J connectivity index is 3.50. The van der Waals surface area contributed by atoms with Gasteiger partial charge < -0.3 is 21.0 Å². The second-order valence-electron chi connectivity index (χ2n) is 5.81. The second kappa shape index (κ2) is 7.53. The van der Waals surface area contributed by atoms with E-state index >= 15 is 0 Å². The fourth-order valence-corrected chi connectivity index (χ4v) is 2.09. The minimum absolute atomic E-state index is 0.152. The van der Waals surface area contributed by atoms with Gasteiger partial charge in [-0.05, 0) is 50.8 Å². The molecule has 7 heteroatoms. The van der Waals surface area contributed by atoms with Gasteiger partial charge in [-0.15, -0.1) is 0 Å². The minimum atomic E-state index is -3.81. The molecule has 0 aliphatic heterocycles. The highest BCUT2D eigenvalue weighted by Crippen LogP contribution is 2.40. The van der Waals surface area contributed by atoms with Gasteiger partial charge in [-0.3, -0.25) is 4.99 Å². The lowest BCUT2D eigenvalue weighted by molar-refractivity contribution is -0.276. The maximum atomic E-state index is 14.0. The molecule has 0 atom stereocenters. The van der Waals surface area contributed by atoms with E-state index in [0.717, 1.165) is 26.5 Å². The maximum Gasteiger partial charge on any atom is 0.426 e. The van der Waals surface area contributed by atoms with E-state index in [0.29, 0.717) is 23.2 Å². The first-order valence-electron chi connectivity index (χ1n) is 7.47. The third-order valence-corrected chi connectivity index (χ3v) is 3.43. The lowest BCUT2D eigenvalue weighted by Gasteiger charge is -2.29. The number of nitrogens with two attached hydrogens (primary N) is 1. The van der Waals surface area contributed by atoms with E-state index in [1.54, 1.807) is 0 Å². The Kier molecular flexibility index (Phi) is 6.20. The van der Waals surface area contributed by atoms with E-state index in [2.05, 4.69) is 11.7 Å². The van der Waals surface area contributed by atoms with Crippen molar-refractivity contribution in [3.63, 3.8) is 0 Å². The van der Waals surface area contributed by atoms with E-state index in [1.807, 2.05) is 6.92 Å². The standard InChI is InChI=1S/C17H23F2N3O2/c1-5-6-12-11(13(21)9-10-20)7-8-14(15(12)22-4)24-17(18,19)16(2,3)23/h7-10,20,23H,4-6,21H2,1-3H3. The molecular weight excluding hydrogens is 316 g/mol. The summed E-state index contributed by atoms with van der Waals surface area (Å²) in [4.78, 5) is 3.83. The molecule has 0 unspecified atom stereocenters. The zero-order valence-corrected chi connectivity index (χ0v) is 14.1. The summed E-state index contributed by atoms with van der Waals surface area (Å²) < 4.78 is 32.8. The smallest absolute Gasteiger partial charge is 0.426 e. The van der Waals surface area contributed by atoms with E-state index in [9.17, 15) is 13.9 Å². The monoisotopic (exact) mass is 339 g/mol. The number of alkyl halides is 2. The van der Waals surface area contributed by atoms with Gasteiger partial charge in [0.05, 0.1) is 0 Å². The average Bonchev–Trinajstić information content (AvgIpc) is 2.46. The number of rotatable bonds is 8. The van der Waals surface area contributed by atoms with Crippen LogP contribution in [0.5, 0.6) is 5.75 Å². The number of aliphatic imine (C=N–C) groups is 1. The van der Waals surface area contributed by atoms with Crippen LogP contribution in [0.4, 0.5) is 14.5 Å². The summed E-state index contributed by atoms with van der Waals surface area (Å²) in [6, 6.07) is 2.84. The van der Waals surface area contributed by atoms with Gasteiger partial charge in [-0.25, -0.2) is 0 Å². The molecular formula is C17H23F2N3O2. The predicted molar refractivity (Wildman–Crippen MR) is 92.5 cm³/mol. The molecule has 132 valence electrons. The largest absolute Gasteiger partial charge is 0.428 e. The Hall–Kier alpha value is -2.28. The van der Waals surface area contributed by atoms with Crippen LogP contribution >= 0.6 is 0 Å². The molecule has 1 aromatic carbocycles. The van der Waals surface area contributed by atoms with Crippen LogP contribution in [0, 0.1) is 5.41 Å². The lowest BCUT2D eigenvalue weighted by Crippen LogP contribution is -2.47. The van der Waals surface area contributed by atoms with Crippen molar-refractivity contribution in [2.75, 3.05) is 0 Å². The van der Waals surface area contributed by atoms with Crippen LogP contribution in [0.3, 0.4) is 0 Å². The van der Waals surface area contributed by atoms with Gasteiger partial charge >= 0.3 is 6.11 Å². The van der Waals surface area contributed by atoms with Gasteiger partial charge in [0.15, 0.2) is 11.4 Å². The van der Waals surface area contributed by atoms with Crippen molar-refractivity contribution in [3.8, 4) is 5.75 Å². The number of nitrogens with one attached hydrogen (secondary N) is 1. The van der Waals surface area contributed by atoms with Crippen LogP contribution in [0.2, 0.25) is 0 Å². The first-order valence-corrected chi connectivity index (χ1v) is 7.47. The van der Waals surface area contributed by atoms with E-state index < -0.39 is 11.7 Å². The molecule has 0 aliphatic carbocycles. The van der Waals surface area contributed by atoms with Crippen molar-refractivity contribution in [3.05, 3.63) is 29.3 Å². The van der Waals surface area contributed by atoms with Gasteiger partial charge in [-0.1, -0.05) is 13.3 Å². The van der Waals surface area contributed by atoms with Gasteiger partial charge in [0.2, 0.25) is 0 Å². The molecule has 0 bridgehead atoms. The van der Waals surface area contributed by atoms with Crippen LogP contribution in [-0.4, -0.2) is 29.7 Å². The second-order valence-corrected chi connectivity index (χ2v) is 5.81. The summed E-state index contributed by atoms with van der Waals surface area (Å²) in [7, 11) is 0. The molecule has 0 spiro atoms. The normalized spacial score (nSPS) is 12.8. The van der Waals surface area contributed by atoms with Crippen LogP contribution in [0.25, 0.3) is 5.70 Å². The van der Waals surface area contributed by atoms with Crippen molar-refractivity contribution in [2.45, 2.75) is 45.3 Å². The van der Waals surface area contributed by atoms with Crippen LogP contribution in [-0.2, 0) is 6.42 Å². The first-order chi connectivity index (χ1) is 11.1. The molecule has 0 saturated heterocycles. The highest BCUT2D eigenvalue weighted by atomic mass is 19.3. The number of nitrogens with zero attached hydrogens (tertiary/aromatic N) is 1. The van der Waals surface area contributed by atoms with Crippen LogP contribution in [0.15, 0.2) is 23.2 Å². The zero-order chi connectivity index (χ0) is 18.5. The molecule has 1 rings (SSSR count). The Morgan fingerprint density at radius 1 is 1.46 bits per heavy atom. The number of allylic oxidation sites excluding steroid dienone is 1. The van der Waals surface area contributed by atoms with Gasteiger partial charge in [-0.2, -0.15) is 8.78 Å². The molecule has 0 heterocycles. The fraction of sp³-hybridized carbons (Fsp3) is 0.412. The quantitative estimate of drug-likeness (QED) is 0.631. The Bertz CT molecular complexity index is 650. The highest BCUT2D eigenvalue weighted by molar-refractivity contribution is 5.84. The number of ether oxygens (including phenoxy) is 1. The Labute approximate surface area is 140 Å². The molecule has 0 fully saturated rings. The molecule has 0 saturated carbocycles. The third kappa shape index (κ3) is 4.17. The van der Waals surface area contributed by atoms with Crippen molar-refractivity contribution >= 4 is 24.3 Å². The topological polar surface area (TPSA) is 91.7 Å². The number of aliphatic hydroxyl groups is 1.